The van der Waals surface area contributed by atoms with Gasteiger partial charge in [-0.05, 0) is 31.9 Å². The predicted octanol–water partition coefficient (Wildman–Crippen LogP) is 0.592. The van der Waals surface area contributed by atoms with Gasteiger partial charge in [0.05, 0.1) is 18.9 Å². The summed E-state index contributed by atoms with van der Waals surface area (Å²) in [5.41, 5.74) is 0.937. The van der Waals surface area contributed by atoms with E-state index in [2.05, 4.69) is 20.4 Å². The highest BCUT2D eigenvalue weighted by atomic mass is 16.5. The van der Waals surface area contributed by atoms with Crippen LogP contribution in [-0.4, -0.2) is 73.0 Å². The molecular weight excluding hydrogens is 306 g/mol. The number of amides is 1. The number of hydrogen-bond donors (Lipinski definition) is 1. The molecule has 0 aliphatic carbocycles. The van der Waals surface area contributed by atoms with Gasteiger partial charge in [0.15, 0.2) is 5.82 Å². The molecule has 0 aromatic carbocycles. The minimum Gasteiger partial charge on any atom is -0.378 e. The molecule has 7 heteroatoms. The Hall–Kier alpha value is -1.73. The fourth-order valence-electron chi connectivity index (χ4n) is 3.27. The van der Waals surface area contributed by atoms with E-state index in [1.165, 1.54) is 0 Å². The summed E-state index contributed by atoms with van der Waals surface area (Å²) in [6, 6.07) is 4.44. The summed E-state index contributed by atoms with van der Waals surface area (Å²) >= 11 is 0. The van der Waals surface area contributed by atoms with Crippen molar-refractivity contribution in [3.8, 4) is 0 Å². The van der Waals surface area contributed by atoms with Crippen LogP contribution in [0, 0.1) is 6.92 Å². The maximum atomic E-state index is 12.2. The molecular formula is C17H27N5O2. The van der Waals surface area contributed by atoms with Gasteiger partial charge in [0.25, 0.3) is 0 Å². The van der Waals surface area contributed by atoms with Gasteiger partial charge in [-0.15, -0.1) is 5.10 Å². The molecule has 24 heavy (non-hydrogen) atoms. The van der Waals surface area contributed by atoms with Crippen LogP contribution in [0.15, 0.2) is 12.1 Å². The first-order valence-corrected chi connectivity index (χ1v) is 8.86. The molecule has 1 aromatic rings. The molecule has 1 amide bonds. The smallest absolute Gasteiger partial charge is 0.224 e. The summed E-state index contributed by atoms with van der Waals surface area (Å²) < 4.78 is 5.28. The number of nitrogens with one attached hydrogen (secondary N) is 1. The molecule has 0 saturated carbocycles. The van der Waals surface area contributed by atoms with Crippen molar-refractivity contribution in [1.29, 1.82) is 0 Å². The third-order valence-electron chi connectivity index (χ3n) is 4.66. The number of piperidine rings is 1. The SMILES string of the molecule is Cc1ccc(N2CCC[C@H](NCCC(=O)N3CCOCC3)C2)nn1. The number of aryl methyl sites for hydroxylation is 1. The van der Waals surface area contributed by atoms with Gasteiger partial charge in [0.1, 0.15) is 0 Å². The van der Waals surface area contributed by atoms with E-state index in [0.717, 1.165) is 57.1 Å². The van der Waals surface area contributed by atoms with Crippen LogP contribution in [-0.2, 0) is 9.53 Å². The Morgan fingerprint density at radius 1 is 1.29 bits per heavy atom. The van der Waals surface area contributed by atoms with Crippen molar-refractivity contribution in [1.82, 2.24) is 20.4 Å². The van der Waals surface area contributed by atoms with Crippen LogP contribution >= 0.6 is 0 Å². The molecule has 2 fully saturated rings. The zero-order valence-electron chi connectivity index (χ0n) is 14.4. The summed E-state index contributed by atoms with van der Waals surface area (Å²) in [5, 5.41) is 12.0. The number of aromatic nitrogens is 2. The Morgan fingerprint density at radius 2 is 2.12 bits per heavy atom. The van der Waals surface area contributed by atoms with Crippen LogP contribution in [0.1, 0.15) is 25.0 Å². The third kappa shape index (κ3) is 4.64. The number of morpholine rings is 1. The van der Waals surface area contributed by atoms with Crippen LogP contribution in [0.25, 0.3) is 0 Å². The van der Waals surface area contributed by atoms with E-state index in [0.29, 0.717) is 25.7 Å². The summed E-state index contributed by atoms with van der Waals surface area (Å²) in [6.07, 6.45) is 2.83. The minimum absolute atomic E-state index is 0.225. The lowest BCUT2D eigenvalue weighted by Gasteiger charge is -2.34. The van der Waals surface area contributed by atoms with E-state index < -0.39 is 0 Å². The second-order valence-electron chi connectivity index (χ2n) is 6.52. The molecule has 1 atom stereocenters. The lowest BCUT2D eigenvalue weighted by molar-refractivity contribution is -0.135. The normalized spacial score (nSPS) is 21.8. The van der Waals surface area contributed by atoms with Crippen LogP contribution in [0.3, 0.4) is 0 Å². The third-order valence-corrected chi connectivity index (χ3v) is 4.66. The maximum absolute atomic E-state index is 12.2. The topological polar surface area (TPSA) is 70.6 Å². The van der Waals surface area contributed by atoms with Crippen molar-refractivity contribution in [2.45, 2.75) is 32.2 Å². The summed E-state index contributed by atoms with van der Waals surface area (Å²) in [6.45, 7) is 7.39. The first-order valence-electron chi connectivity index (χ1n) is 8.86. The van der Waals surface area contributed by atoms with Gasteiger partial charge >= 0.3 is 0 Å². The molecule has 2 saturated heterocycles. The van der Waals surface area contributed by atoms with Gasteiger partial charge in [0, 0.05) is 45.2 Å². The Labute approximate surface area is 143 Å². The molecule has 0 unspecified atom stereocenters. The van der Waals surface area contributed by atoms with Crippen LogP contribution in [0.2, 0.25) is 0 Å². The summed E-state index contributed by atoms with van der Waals surface area (Å²) in [4.78, 5) is 16.3. The average molecular weight is 333 g/mol. The van der Waals surface area contributed by atoms with Crippen LogP contribution in [0.4, 0.5) is 5.82 Å². The van der Waals surface area contributed by atoms with E-state index in [1.807, 2.05) is 24.0 Å². The van der Waals surface area contributed by atoms with E-state index >= 15 is 0 Å². The molecule has 7 nitrogen and oxygen atoms in total. The van der Waals surface area contributed by atoms with Gasteiger partial charge in [-0.1, -0.05) is 0 Å². The zero-order chi connectivity index (χ0) is 16.8. The van der Waals surface area contributed by atoms with Gasteiger partial charge < -0.3 is 19.9 Å². The molecule has 2 aliphatic heterocycles. The van der Waals surface area contributed by atoms with Crippen molar-refractivity contribution >= 4 is 11.7 Å². The van der Waals surface area contributed by atoms with E-state index in [1.54, 1.807) is 0 Å². The Bertz CT molecular complexity index is 530. The van der Waals surface area contributed by atoms with Crippen molar-refractivity contribution in [2.75, 3.05) is 50.8 Å². The molecule has 0 spiro atoms. The number of carbonyl (C=O) groups is 1. The Balaban J connectivity index is 1.42. The predicted molar refractivity (Wildman–Crippen MR) is 92.0 cm³/mol. The van der Waals surface area contributed by atoms with Crippen molar-refractivity contribution in [2.24, 2.45) is 0 Å². The number of anilines is 1. The van der Waals surface area contributed by atoms with Gasteiger partial charge in [-0.2, -0.15) is 5.10 Å². The highest BCUT2D eigenvalue weighted by Crippen LogP contribution is 2.17. The number of ether oxygens (including phenoxy) is 1. The molecule has 132 valence electrons. The number of hydrogen-bond acceptors (Lipinski definition) is 6. The molecule has 1 aromatic heterocycles. The zero-order valence-corrected chi connectivity index (χ0v) is 14.4. The maximum Gasteiger partial charge on any atom is 0.224 e. The Kier molecular flexibility index (Phi) is 5.98. The highest BCUT2D eigenvalue weighted by Gasteiger charge is 2.22. The van der Waals surface area contributed by atoms with E-state index in [4.69, 9.17) is 4.74 Å². The largest absolute Gasteiger partial charge is 0.378 e. The molecule has 3 rings (SSSR count). The van der Waals surface area contributed by atoms with Crippen molar-refractivity contribution < 1.29 is 9.53 Å². The molecule has 2 aliphatic rings. The fourth-order valence-corrected chi connectivity index (χ4v) is 3.27. The van der Waals surface area contributed by atoms with Gasteiger partial charge in [0.2, 0.25) is 5.91 Å². The number of rotatable bonds is 5. The second-order valence-corrected chi connectivity index (χ2v) is 6.52. The minimum atomic E-state index is 0.225. The van der Waals surface area contributed by atoms with E-state index in [9.17, 15) is 4.79 Å². The molecule has 0 radical (unpaired) electrons. The standard InChI is InChI=1S/C17H27N5O2/c1-14-4-5-16(20-19-14)22-8-2-3-15(13-22)18-7-6-17(23)21-9-11-24-12-10-21/h4-5,15,18H,2-3,6-13H2,1H3/t15-/m0/s1. The van der Waals surface area contributed by atoms with Crippen molar-refractivity contribution in [3.05, 3.63) is 17.8 Å². The molecule has 1 N–H and O–H groups in total. The number of nitrogens with zero attached hydrogens (tertiary/aromatic N) is 4. The molecule has 3 heterocycles. The van der Waals surface area contributed by atoms with Gasteiger partial charge in [-0.3, -0.25) is 4.79 Å². The quantitative estimate of drug-likeness (QED) is 0.851. The fraction of sp³-hybridized carbons (Fsp3) is 0.706. The van der Waals surface area contributed by atoms with E-state index in [-0.39, 0.29) is 5.91 Å². The number of carbonyl (C=O) groups excluding carboxylic acids is 1. The molecule has 0 bridgehead atoms. The average Bonchev–Trinajstić information content (AvgIpc) is 2.63. The first kappa shape index (κ1) is 17.1. The lowest BCUT2D eigenvalue weighted by atomic mass is 10.1. The monoisotopic (exact) mass is 333 g/mol. The second kappa shape index (κ2) is 8.39. The lowest BCUT2D eigenvalue weighted by Crippen LogP contribution is -2.47. The van der Waals surface area contributed by atoms with Crippen LogP contribution in [0.5, 0.6) is 0 Å². The summed E-state index contributed by atoms with van der Waals surface area (Å²) in [5.74, 6) is 1.17. The van der Waals surface area contributed by atoms with Crippen LogP contribution < -0.4 is 10.2 Å². The summed E-state index contributed by atoms with van der Waals surface area (Å²) in [7, 11) is 0. The highest BCUT2D eigenvalue weighted by molar-refractivity contribution is 5.76. The first-order chi connectivity index (χ1) is 11.7. The van der Waals surface area contributed by atoms with Gasteiger partial charge in [-0.25, -0.2) is 0 Å². The Morgan fingerprint density at radius 3 is 2.88 bits per heavy atom. The van der Waals surface area contributed by atoms with Crippen molar-refractivity contribution in [3.63, 3.8) is 0 Å².